The van der Waals surface area contributed by atoms with E-state index in [9.17, 15) is 4.79 Å². The van der Waals surface area contributed by atoms with Gasteiger partial charge in [0.05, 0.1) is 29.2 Å². The summed E-state index contributed by atoms with van der Waals surface area (Å²) in [7, 11) is 0. The van der Waals surface area contributed by atoms with Crippen molar-refractivity contribution >= 4 is 51.7 Å². The summed E-state index contributed by atoms with van der Waals surface area (Å²) in [6, 6.07) is -0.136. The van der Waals surface area contributed by atoms with E-state index in [1.807, 2.05) is 32.6 Å². The Morgan fingerprint density at radius 3 is 2.73 bits per heavy atom. The number of nitrogens with zero attached hydrogens (tertiary/aromatic N) is 5. The van der Waals surface area contributed by atoms with Gasteiger partial charge in [-0.1, -0.05) is 36.9 Å². The molecule has 7 nitrogen and oxygen atoms in total. The first-order valence-electron chi connectivity index (χ1n) is 11.2. The third-order valence-electron chi connectivity index (χ3n) is 6.44. The molecule has 0 N–H and O–H groups in total. The summed E-state index contributed by atoms with van der Waals surface area (Å²) in [5.41, 5.74) is 0.882. The largest absolute Gasteiger partial charge is 0.444 e. The van der Waals surface area contributed by atoms with Gasteiger partial charge in [-0.05, 0) is 51.4 Å². The van der Waals surface area contributed by atoms with Gasteiger partial charge in [-0.3, -0.25) is 4.90 Å². The summed E-state index contributed by atoms with van der Waals surface area (Å²) >= 11 is 7.61. The highest BCUT2D eigenvalue weighted by Crippen LogP contribution is 2.46. The fraction of sp³-hybridized carbons (Fsp3) is 0.565. The highest BCUT2D eigenvalue weighted by molar-refractivity contribution is 7.99. The van der Waals surface area contributed by atoms with Crippen molar-refractivity contribution in [2.24, 2.45) is 0 Å². The van der Waals surface area contributed by atoms with Gasteiger partial charge in [0, 0.05) is 6.54 Å². The van der Waals surface area contributed by atoms with Crippen molar-refractivity contribution in [3.05, 3.63) is 23.2 Å². The number of fused-ring (bicyclic) bond motifs is 5. The lowest BCUT2D eigenvalue weighted by molar-refractivity contribution is 0.00778. The molecule has 5 rings (SSSR count). The smallest absolute Gasteiger partial charge is 0.410 e. The van der Waals surface area contributed by atoms with Crippen molar-refractivity contribution < 1.29 is 13.9 Å². The van der Waals surface area contributed by atoms with Crippen LogP contribution in [0, 0.1) is 5.82 Å². The molecule has 2 fully saturated rings. The molecule has 2 aromatic heterocycles. The number of halogens is 2. The molecule has 3 atom stereocenters. The van der Waals surface area contributed by atoms with E-state index in [0.29, 0.717) is 35.0 Å². The van der Waals surface area contributed by atoms with Gasteiger partial charge in [-0.25, -0.2) is 24.1 Å². The summed E-state index contributed by atoms with van der Waals surface area (Å²) in [4.78, 5) is 30.9. The number of aromatic nitrogens is 3. The van der Waals surface area contributed by atoms with E-state index in [4.69, 9.17) is 21.3 Å². The zero-order valence-electron chi connectivity index (χ0n) is 19.2. The number of pyridine rings is 1. The van der Waals surface area contributed by atoms with Gasteiger partial charge >= 0.3 is 6.09 Å². The molecule has 33 heavy (non-hydrogen) atoms. The minimum Gasteiger partial charge on any atom is -0.444 e. The van der Waals surface area contributed by atoms with Crippen LogP contribution in [0.3, 0.4) is 0 Å². The number of amides is 1. The first-order valence-corrected chi connectivity index (χ1v) is 12.6. The van der Waals surface area contributed by atoms with Crippen LogP contribution in [-0.2, 0) is 4.74 Å². The number of hydrogen-bond donors (Lipinski definition) is 0. The Balaban J connectivity index is 1.65. The standard InChI is InChI=1S/C23H27ClFN5O2S/c1-6-33-21-27-18-15-17(26-19(24)16(18)25)11(2)9-14-13-8-7-12(10-29(14)20(15)28-21)30(13)22(31)32-23(3,4)5/h12-14H,2,6-10H2,1,3-5H3/t12-,13+,14-/m1/s1. The number of hydrogen-bond acceptors (Lipinski definition) is 7. The van der Waals surface area contributed by atoms with Gasteiger partial charge in [0.15, 0.2) is 16.1 Å². The number of thioether (sulfide) groups is 1. The normalized spacial score (nSPS) is 24.2. The van der Waals surface area contributed by atoms with Gasteiger partial charge in [0.25, 0.3) is 0 Å². The Kier molecular flexibility index (Phi) is 5.47. The second kappa shape index (κ2) is 7.98. The molecular formula is C23H27ClFN5O2S. The van der Waals surface area contributed by atoms with Crippen LogP contribution in [0.2, 0.25) is 5.15 Å². The first-order chi connectivity index (χ1) is 15.6. The van der Waals surface area contributed by atoms with Gasteiger partial charge in [0.2, 0.25) is 0 Å². The molecule has 0 radical (unpaired) electrons. The Morgan fingerprint density at radius 1 is 1.27 bits per heavy atom. The molecule has 2 saturated heterocycles. The lowest BCUT2D eigenvalue weighted by atomic mass is 9.96. The molecule has 2 aromatic rings. The van der Waals surface area contributed by atoms with E-state index >= 15 is 4.39 Å². The third kappa shape index (κ3) is 3.73. The maximum Gasteiger partial charge on any atom is 0.410 e. The number of rotatable bonds is 2. The van der Waals surface area contributed by atoms with Crippen molar-refractivity contribution in [2.45, 2.75) is 75.8 Å². The van der Waals surface area contributed by atoms with Crippen LogP contribution in [0.15, 0.2) is 11.7 Å². The summed E-state index contributed by atoms with van der Waals surface area (Å²) in [6.07, 6.45) is 2.02. The Morgan fingerprint density at radius 2 is 2.03 bits per heavy atom. The quantitative estimate of drug-likeness (QED) is 0.320. The van der Waals surface area contributed by atoms with Crippen LogP contribution in [-0.4, -0.2) is 62.0 Å². The zero-order chi connectivity index (χ0) is 23.7. The predicted molar refractivity (Wildman–Crippen MR) is 128 cm³/mol. The summed E-state index contributed by atoms with van der Waals surface area (Å²) in [5, 5.41) is 0.836. The van der Waals surface area contributed by atoms with Crippen LogP contribution in [0.5, 0.6) is 0 Å². The van der Waals surface area contributed by atoms with Crippen LogP contribution in [0.25, 0.3) is 16.5 Å². The van der Waals surface area contributed by atoms with E-state index < -0.39 is 11.4 Å². The van der Waals surface area contributed by atoms with E-state index in [2.05, 4.69) is 21.4 Å². The van der Waals surface area contributed by atoms with Crippen molar-refractivity contribution in [3.63, 3.8) is 0 Å². The fourth-order valence-corrected chi connectivity index (χ4v) is 5.98. The maximum atomic E-state index is 15.1. The number of carbonyl (C=O) groups excluding carboxylic acids is 1. The lowest BCUT2D eigenvalue weighted by Gasteiger charge is -2.47. The highest BCUT2D eigenvalue weighted by atomic mass is 35.5. The number of ether oxygens (including phenoxy) is 1. The van der Waals surface area contributed by atoms with E-state index in [1.54, 1.807) is 0 Å². The molecule has 1 amide bonds. The minimum atomic E-state index is -0.640. The van der Waals surface area contributed by atoms with Gasteiger partial charge in [-0.15, -0.1) is 0 Å². The van der Waals surface area contributed by atoms with Crippen molar-refractivity contribution in [2.75, 3.05) is 17.2 Å². The fourth-order valence-electron chi connectivity index (χ4n) is 5.24. The Hall–Kier alpha value is -2.13. The molecule has 2 bridgehead atoms. The van der Waals surface area contributed by atoms with E-state index in [1.165, 1.54) is 11.8 Å². The molecule has 3 aliphatic heterocycles. The zero-order valence-corrected chi connectivity index (χ0v) is 20.8. The maximum absolute atomic E-state index is 15.1. The molecule has 3 aliphatic rings. The molecule has 5 heterocycles. The molecule has 0 saturated carbocycles. The number of carbonyl (C=O) groups is 1. The molecule has 0 spiro atoms. The van der Waals surface area contributed by atoms with Crippen LogP contribution < -0.4 is 4.90 Å². The van der Waals surface area contributed by atoms with Gasteiger partial charge < -0.3 is 9.64 Å². The summed E-state index contributed by atoms with van der Waals surface area (Å²) in [5.74, 6) is 0.767. The Labute approximate surface area is 201 Å². The lowest BCUT2D eigenvalue weighted by Crippen LogP contribution is -2.62. The topological polar surface area (TPSA) is 71.5 Å². The molecule has 0 unspecified atom stereocenters. The predicted octanol–water partition coefficient (Wildman–Crippen LogP) is 5.30. The summed E-state index contributed by atoms with van der Waals surface area (Å²) in [6.45, 7) is 12.5. The average molecular weight is 492 g/mol. The second-order valence-corrected chi connectivity index (χ2v) is 11.4. The highest BCUT2D eigenvalue weighted by Gasteiger charge is 2.51. The minimum absolute atomic E-state index is 0.00619. The van der Waals surface area contributed by atoms with Gasteiger partial charge in [0.1, 0.15) is 16.9 Å². The Bertz CT molecular complexity index is 1170. The average Bonchev–Trinajstić information content (AvgIpc) is 3.01. The monoisotopic (exact) mass is 491 g/mol. The second-order valence-electron chi connectivity index (χ2n) is 9.77. The SMILES string of the molecule is C=C1C[C@@H]2[C@@H]3CC[C@H](CN2c2nc(SCC)nc4c(F)c(Cl)nc1c24)N3C(=O)OC(C)(C)C. The van der Waals surface area contributed by atoms with Crippen LogP contribution >= 0.6 is 23.4 Å². The molecule has 0 aromatic carbocycles. The van der Waals surface area contributed by atoms with E-state index in [0.717, 1.165) is 24.2 Å². The third-order valence-corrected chi connectivity index (χ3v) is 7.42. The molecule has 176 valence electrons. The van der Waals surface area contributed by atoms with Crippen molar-refractivity contribution in [3.8, 4) is 0 Å². The van der Waals surface area contributed by atoms with Crippen LogP contribution in [0.4, 0.5) is 15.0 Å². The van der Waals surface area contributed by atoms with E-state index in [-0.39, 0.29) is 34.9 Å². The molecular weight excluding hydrogens is 465 g/mol. The molecule has 10 heteroatoms. The van der Waals surface area contributed by atoms with Crippen molar-refractivity contribution in [1.82, 2.24) is 19.9 Å². The number of anilines is 1. The first kappa shape index (κ1) is 22.7. The summed E-state index contributed by atoms with van der Waals surface area (Å²) < 4.78 is 20.8. The number of piperazine rings is 1. The van der Waals surface area contributed by atoms with Crippen molar-refractivity contribution in [1.29, 1.82) is 0 Å². The van der Waals surface area contributed by atoms with Crippen LogP contribution in [0.1, 0.15) is 52.7 Å². The van der Waals surface area contributed by atoms with Gasteiger partial charge in [-0.2, -0.15) is 0 Å². The molecule has 0 aliphatic carbocycles.